The van der Waals surface area contributed by atoms with Gasteiger partial charge in [-0.15, -0.1) is 0 Å². The zero-order chi connectivity index (χ0) is 13.1. The molecule has 18 heavy (non-hydrogen) atoms. The predicted octanol–water partition coefficient (Wildman–Crippen LogP) is 3.32. The quantitative estimate of drug-likeness (QED) is 0.924. The molecule has 0 radical (unpaired) electrons. The highest BCUT2D eigenvalue weighted by Crippen LogP contribution is 2.25. The van der Waals surface area contributed by atoms with Crippen molar-refractivity contribution in [2.24, 2.45) is 0 Å². The standard InChI is InChI=1S/C13H11ClF2N2/c1-17-13(9-4-10(15)7-18-6-9)8-2-3-11(14)12(16)5-8/h2-7,13,17H,1H3. The lowest BCUT2D eigenvalue weighted by Gasteiger charge is -2.17. The summed E-state index contributed by atoms with van der Waals surface area (Å²) in [6.45, 7) is 0. The maximum atomic E-state index is 13.4. The monoisotopic (exact) mass is 268 g/mol. The van der Waals surface area contributed by atoms with Crippen LogP contribution in [0.4, 0.5) is 8.78 Å². The predicted molar refractivity (Wildman–Crippen MR) is 66.5 cm³/mol. The number of rotatable bonds is 3. The van der Waals surface area contributed by atoms with Gasteiger partial charge in [-0.2, -0.15) is 0 Å². The first-order valence-electron chi connectivity index (χ1n) is 5.34. The molecule has 0 aliphatic rings. The average molecular weight is 269 g/mol. The van der Waals surface area contributed by atoms with Gasteiger partial charge in [0.1, 0.15) is 11.6 Å². The number of halogens is 3. The van der Waals surface area contributed by atoms with Crippen molar-refractivity contribution < 1.29 is 8.78 Å². The van der Waals surface area contributed by atoms with Crippen LogP contribution in [0, 0.1) is 11.6 Å². The van der Waals surface area contributed by atoms with Crippen LogP contribution >= 0.6 is 11.6 Å². The third-order valence-electron chi connectivity index (χ3n) is 2.63. The molecule has 1 aromatic carbocycles. The molecule has 1 N–H and O–H groups in total. The Morgan fingerprint density at radius 1 is 1.17 bits per heavy atom. The Morgan fingerprint density at radius 3 is 2.56 bits per heavy atom. The first-order valence-corrected chi connectivity index (χ1v) is 5.72. The molecule has 0 saturated heterocycles. The Morgan fingerprint density at radius 2 is 1.94 bits per heavy atom. The smallest absolute Gasteiger partial charge is 0.142 e. The molecule has 1 heterocycles. The second-order valence-corrected chi connectivity index (χ2v) is 4.24. The Bertz CT molecular complexity index is 560. The summed E-state index contributed by atoms with van der Waals surface area (Å²) in [5.41, 5.74) is 1.28. The lowest BCUT2D eigenvalue weighted by atomic mass is 10.0. The molecule has 5 heteroatoms. The van der Waals surface area contributed by atoms with E-state index in [1.807, 2.05) is 0 Å². The van der Waals surface area contributed by atoms with Gasteiger partial charge in [0.2, 0.25) is 0 Å². The number of nitrogens with one attached hydrogen (secondary N) is 1. The fraction of sp³-hybridized carbons (Fsp3) is 0.154. The van der Waals surface area contributed by atoms with Crippen LogP contribution in [-0.2, 0) is 0 Å². The Labute approximate surface area is 109 Å². The van der Waals surface area contributed by atoms with Gasteiger partial charge in [-0.3, -0.25) is 4.98 Å². The molecule has 0 amide bonds. The van der Waals surface area contributed by atoms with Crippen molar-refractivity contribution in [2.75, 3.05) is 7.05 Å². The zero-order valence-corrected chi connectivity index (χ0v) is 10.4. The number of nitrogens with zero attached hydrogens (tertiary/aromatic N) is 1. The van der Waals surface area contributed by atoms with Crippen LogP contribution in [0.3, 0.4) is 0 Å². The number of benzene rings is 1. The molecule has 0 bridgehead atoms. The number of hydrogen-bond donors (Lipinski definition) is 1. The summed E-state index contributed by atoms with van der Waals surface area (Å²) in [5, 5.41) is 3.05. The van der Waals surface area contributed by atoms with Gasteiger partial charge in [0.25, 0.3) is 0 Å². The van der Waals surface area contributed by atoms with Gasteiger partial charge in [0.05, 0.1) is 17.3 Å². The molecular weight excluding hydrogens is 258 g/mol. The number of hydrogen-bond acceptors (Lipinski definition) is 2. The summed E-state index contributed by atoms with van der Waals surface area (Å²) in [6, 6.07) is 5.52. The maximum Gasteiger partial charge on any atom is 0.142 e. The Kier molecular flexibility index (Phi) is 3.89. The van der Waals surface area contributed by atoms with Crippen LogP contribution in [0.2, 0.25) is 5.02 Å². The summed E-state index contributed by atoms with van der Waals surface area (Å²) in [4.78, 5) is 3.78. The highest BCUT2D eigenvalue weighted by molar-refractivity contribution is 6.30. The van der Waals surface area contributed by atoms with Gasteiger partial charge in [0, 0.05) is 6.20 Å². The number of aromatic nitrogens is 1. The van der Waals surface area contributed by atoms with E-state index in [4.69, 9.17) is 11.6 Å². The highest BCUT2D eigenvalue weighted by atomic mass is 35.5. The Hall–Kier alpha value is -1.52. The normalized spacial score (nSPS) is 12.4. The minimum atomic E-state index is -0.501. The van der Waals surface area contributed by atoms with Gasteiger partial charge < -0.3 is 5.32 Å². The molecule has 94 valence electrons. The molecule has 0 saturated carbocycles. The third-order valence-corrected chi connectivity index (χ3v) is 2.93. The second kappa shape index (κ2) is 5.42. The van der Waals surface area contributed by atoms with Gasteiger partial charge in [-0.25, -0.2) is 8.78 Å². The van der Waals surface area contributed by atoms with E-state index in [1.54, 1.807) is 13.1 Å². The molecule has 0 aliphatic carbocycles. The van der Waals surface area contributed by atoms with E-state index in [-0.39, 0.29) is 11.1 Å². The SMILES string of the molecule is CNC(c1cncc(F)c1)c1ccc(Cl)c(F)c1. The van der Waals surface area contributed by atoms with Crippen LogP contribution in [0.25, 0.3) is 0 Å². The topological polar surface area (TPSA) is 24.9 Å². The third kappa shape index (κ3) is 2.66. The van der Waals surface area contributed by atoms with Crippen molar-refractivity contribution in [3.8, 4) is 0 Å². The molecule has 2 rings (SSSR count). The summed E-state index contributed by atoms with van der Waals surface area (Å²) >= 11 is 5.63. The average Bonchev–Trinajstić information content (AvgIpc) is 2.35. The summed E-state index contributed by atoms with van der Waals surface area (Å²) in [6.07, 6.45) is 2.66. The molecule has 1 atom stereocenters. The first kappa shape index (κ1) is 12.9. The van der Waals surface area contributed by atoms with Gasteiger partial charge in [0.15, 0.2) is 0 Å². The molecular formula is C13H11ClF2N2. The lowest BCUT2D eigenvalue weighted by molar-refractivity contribution is 0.603. The van der Waals surface area contributed by atoms with E-state index in [2.05, 4.69) is 10.3 Å². The molecule has 0 spiro atoms. The van der Waals surface area contributed by atoms with Crippen molar-refractivity contribution in [3.63, 3.8) is 0 Å². The molecule has 1 unspecified atom stereocenters. The lowest BCUT2D eigenvalue weighted by Crippen LogP contribution is -2.18. The fourth-order valence-electron chi connectivity index (χ4n) is 1.80. The summed E-state index contributed by atoms with van der Waals surface area (Å²) < 4.78 is 26.6. The van der Waals surface area contributed by atoms with Crippen molar-refractivity contribution >= 4 is 11.6 Å². The van der Waals surface area contributed by atoms with E-state index in [1.165, 1.54) is 24.4 Å². The van der Waals surface area contributed by atoms with Gasteiger partial charge in [-0.1, -0.05) is 17.7 Å². The van der Waals surface area contributed by atoms with E-state index < -0.39 is 11.6 Å². The Balaban J connectivity index is 2.42. The maximum absolute atomic E-state index is 13.4. The molecule has 2 aromatic rings. The van der Waals surface area contributed by atoms with Crippen molar-refractivity contribution in [1.29, 1.82) is 0 Å². The van der Waals surface area contributed by atoms with Gasteiger partial charge in [-0.05, 0) is 36.4 Å². The number of pyridine rings is 1. The highest BCUT2D eigenvalue weighted by Gasteiger charge is 2.14. The van der Waals surface area contributed by atoms with Crippen LogP contribution in [0.15, 0.2) is 36.7 Å². The molecule has 1 aromatic heterocycles. The van der Waals surface area contributed by atoms with E-state index in [0.717, 1.165) is 6.20 Å². The van der Waals surface area contributed by atoms with E-state index in [0.29, 0.717) is 11.1 Å². The summed E-state index contributed by atoms with van der Waals surface area (Å²) in [5.74, 6) is -0.930. The fourth-order valence-corrected chi connectivity index (χ4v) is 1.92. The van der Waals surface area contributed by atoms with Crippen molar-refractivity contribution in [2.45, 2.75) is 6.04 Å². The minimum Gasteiger partial charge on any atom is -0.309 e. The van der Waals surface area contributed by atoms with Crippen LogP contribution in [0.5, 0.6) is 0 Å². The summed E-state index contributed by atoms with van der Waals surface area (Å²) in [7, 11) is 1.71. The van der Waals surface area contributed by atoms with E-state index in [9.17, 15) is 8.78 Å². The minimum absolute atomic E-state index is 0.0611. The van der Waals surface area contributed by atoms with Crippen LogP contribution < -0.4 is 5.32 Å². The second-order valence-electron chi connectivity index (χ2n) is 3.83. The van der Waals surface area contributed by atoms with Crippen molar-refractivity contribution in [1.82, 2.24) is 10.3 Å². The first-order chi connectivity index (χ1) is 8.61. The molecule has 2 nitrogen and oxygen atoms in total. The van der Waals surface area contributed by atoms with Crippen molar-refractivity contribution in [3.05, 3.63) is 64.4 Å². The zero-order valence-electron chi connectivity index (χ0n) is 9.62. The van der Waals surface area contributed by atoms with Crippen LogP contribution in [-0.4, -0.2) is 12.0 Å². The van der Waals surface area contributed by atoms with Gasteiger partial charge >= 0.3 is 0 Å². The van der Waals surface area contributed by atoms with Crippen LogP contribution in [0.1, 0.15) is 17.2 Å². The molecule has 0 fully saturated rings. The van der Waals surface area contributed by atoms with E-state index >= 15 is 0 Å². The molecule has 0 aliphatic heterocycles. The largest absolute Gasteiger partial charge is 0.309 e.